The van der Waals surface area contributed by atoms with E-state index in [1.807, 2.05) is 30.3 Å². The molecule has 5 heteroatoms. The van der Waals surface area contributed by atoms with Crippen molar-refractivity contribution in [1.82, 2.24) is 10.2 Å². The Morgan fingerprint density at radius 2 is 2.00 bits per heavy atom. The van der Waals surface area contributed by atoms with Gasteiger partial charge in [-0.25, -0.2) is 0 Å². The van der Waals surface area contributed by atoms with Crippen LogP contribution in [0.2, 0.25) is 0 Å². The van der Waals surface area contributed by atoms with Crippen LogP contribution >= 0.6 is 0 Å². The molecule has 0 bridgehead atoms. The van der Waals surface area contributed by atoms with E-state index < -0.39 is 6.10 Å². The minimum absolute atomic E-state index is 0.0391. The van der Waals surface area contributed by atoms with Crippen molar-refractivity contribution in [3.63, 3.8) is 0 Å². The van der Waals surface area contributed by atoms with Gasteiger partial charge in [-0.3, -0.25) is 9.59 Å². The lowest BCUT2D eigenvalue weighted by Gasteiger charge is -2.38. The summed E-state index contributed by atoms with van der Waals surface area (Å²) in [6, 6.07) is 9.47. The minimum atomic E-state index is -0.638. The molecular weight excluding hydrogens is 256 g/mol. The molecule has 1 aromatic carbocycles. The Morgan fingerprint density at radius 1 is 1.30 bits per heavy atom. The van der Waals surface area contributed by atoms with Crippen LogP contribution in [0.5, 0.6) is 0 Å². The first-order chi connectivity index (χ1) is 9.66. The smallest absolute Gasteiger partial charge is 0.251 e. The number of rotatable bonds is 3. The highest BCUT2D eigenvalue weighted by Crippen LogP contribution is 2.30. The van der Waals surface area contributed by atoms with Gasteiger partial charge in [0.2, 0.25) is 5.91 Å². The Kier molecular flexibility index (Phi) is 3.44. The lowest BCUT2D eigenvalue weighted by Crippen LogP contribution is -2.53. The zero-order valence-corrected chi connectivity index (χ0v) is 11.4. The third-order valence-corrected chi connectivity index (χ3v) is 3.81. The Hall–Kier alpha value is -1.88. The van der Waals surface area contributed by atoms with Gasteiger partial charge in [-0.15, -0.1) is 0 Å². The van der Waals surface area contributed by atoms with Crippen molar-refractivity contribution >= 4 is 11.8 Å². The Labute approximate surface area is 117 Å². The van der Waals surface area contributed by atoms with Crippen molar-refractivity contribution < 1.29 is 14.3 Å². The summed E-state index contributed by atoms with van der Waals surface area (Å²) in [5.41, 5.74) is 0.916. The molecule has 20 heavy (non-hydrogen) atoms. The van der Waals surface area contributed by atoms with Crippen molar-refractivity contribution in [3.05, 3.63) is 35.9 Å². The topological polar surface area (TPSA) is 58.6 Å². The van der Waals surface area contributed by atoms with E-state index >= 15 is 0 Å². The lowest BCUT2D eigenvalue weighted by molar-refractivity contribution is -0.162. The fourth-order valence-corrected chi connectivity index (χ4v) is 2.49. The fourth-order valence-electron chi connectivity index (χ4n) is 2.49. The molecule has 5 nitrogen and oxygen atoms in total. The summed E-state index contributed by atoms with van der Waals surface area (Å²) in [7, 11) is 1.72. The minimum Gasteiger partial charge on any atom is -0.356 e. The maximum absolute atomic E-state index is 12.3. The van der Waals surface area contributed by atoms with Crippen molar-refractivity contribution in [2.24, 2.45) is 0 Å². The number of nitrogens with one attached hydrogen (secondary N) is 1. The summed E-state index contributed by atoms with van der Waals surface area (Å²) in [6.45, 7) is -0.0391. The zero-order valence-electron chi connectivity index (χ0n) is 11.4. The van der Waals surface area contributed by atoms with Gasteiger partial charge in [-0.05, 0) is 18.4 Å². The Bertz CT molecular complexity index is 513. The van der Waals surface area contributed by atoms with Crippen LogP contribution in [0.1, 0.15) is 24.4 Å². The number of amides is 2. The number of hydrogen-bond acceptors (Lipinski definition) is 3. The predicted octanol–water partition coefficient (Wildman–Crippen LogP) is 0.863. The molecule has 0 aromatic heterocycles. The Morgan fingerprint density at radius 3 is 2.65 bits per heavy atom. The van der Waals surface area contributed by atoms with Crippen molar-refractivity contribution in [2.45, 2.75) is 31.0 Å². The molecule has 2 aliphatic rings. The zero-order chi connectivity index (χ0) is 14.1. The van der Waals surface area contributed by atoms with Crippen LogP contribution in [0.25, 0.3) is 0 Å². The van der Waals surface area contributed by atoms with Gasteiger partial charge in [0.05, 0.1) is 6.04 Å². The van der Waals surface area contributed by atoms with Gasteiger partial charge in [0.25, 0.3) is 5.91 Å². The summed E-state index contributed by atoms with van der Waals surface area (Å²) in [5.74, 6) is -0.227. The second-order valence-corrected chi connectivity index (χ2v) is 5.37. The highest BCUT2D eigenvalue weighted by atomic mass is 16.5. The van der Waals surface area contributed by atoms with Crippen molar-refractivity contribution in [1.29, 1.82) is 0 Å². The summed E-state index contributed by atoms with van der Waals surface area (Å²) >= 11 is 0. The number of hydrogen-bond donors (Lipinski definition) is 1. The monoisotopic (exact) mass is 274 g/mol. The molecule has 0 radical (unpaired) electrons. The number of benzene rings is 1. The van der Waals surface area contributed by atoms with Crippen LogP contribution < -0.4 is 5.32 Å². The first-order valence-corrected chi connectivity index (χ1v) is 6.89. The molecule has 1 aromatic rings. The van der Waals surface area contributed by atoms with Gasteiger partial charge in [-0.2, -0.15) is 0 Å². The maximum Gasteiger partial charge on any atom is 0.251 e. The van der Waals surface area contributed by atoms with Crippen LogP contribution in [0.4, 0.5) is 0 Å². The lowest BCUT2D eigenvalue weighted by atomic mass is 9.97. The highest BCUT2D eigenvalue weighted by Gasteiger charge is 2.41. The van der Waals surface area contributed by atoms with Crippen LogP contribution in [-0.4, -0.2) is 42.5 Å². The molecular formula is C15H18N2O3. The average molecular weight is 274 g/mol. The SMILES string of the molecule is CN1C(=O)COC(C(=O)NC2CC2)C1c1ccccc1. The normalized spacial score (nSPS) is 26.4. The van der Waals surface area contributed by atoms with Gasteiger partial charge in [0, 0.05) is 13.1 Å². The van der Waals surface area contributed by atoms with E-state index in [1.54, 1.807) is 11.9 Å². The number of nitrogens with zero attached hydrogens (tertiary/aromatic N) is 1. The van der Waals surface area contributed by atoms with E-state index in [-0.39, 0.29) is 30.5 Å². The summed E-state index contributed by atoms with van der Waals surface area (Å²) in [6.07, 6.45) is 1.42. The summed E-state index contributed by atoms with van der Waals surface area (Å²) in [5, 5.41) is 2.96. The first-order valence-electron chi connectivity index (χ1n) is 6.89. The number of likely N-dealkylation sites (N-methyl/N-ethyl adjacent to an activating group) is 1. The fraction of sp³-hybridized carbons (Fsp3) is 0.467. The van der Waals surface area contributed by atoms with E-state index in [0.29, 0.717) is 0 Å². The molecule has 2 unspecified atom stereocenters. The van der Waals surface area contributed by atoms with Crippen LogP contribution in [-0.2, 0) is 14.3 Å². The quantitative estimate of drug-likeness (QED) is 0.889. The van der Waals surface area contributed by atoms with Crippen LogP contribution in [0, 0.1) is 0 Å². The van der Waals surface area contributed by atoms with E-state index in [4.69, 9.17) is 4.74 Å². The van der Waals surface area contributed by atoms with E-state index in [1.165, 1.54) is 0 Å². The van der Waals surface area contributed by atoms with E-state index in [9.17, 15) is 9.59 Å². The summed E-state index contributed by atoms with van der Waals surface area (Å²) < 4.78 is 5.51. The standard InChI is InChI=1S/C15H18N2O3/c1-17-12(18)9-20-14(15(19)16-11-7-8-11)13(17)10-5-3-2-4-6-10/h2-6,11,13-14H,7-9H2,1H3,(H,16,19). The number of carbonyl (C=O) groups excluding carboxylic acids is 2. The second kappa shape index (κ2) is 5.25. The van der Waals surface area contributed by atoms with Gasteiger partial charge in [-0.1, -0.05) is 30.3 Å². The predicted molar refractivity (Wildman–Crippen MR) is 72.9 cm³/mol. The Balaban J connectivity index is 1.85. The number of carbonyl (C=O) groups is 2. The average Bonchev–Trinajstić information content (AvgIpc) is 3.26. The molecule has 1 saturated carbocycles. The van der Waals surface area contributed by atoms with E-state index in [0.717, 1.165) is 18.4 Å². The highest BCUT2D eigenvalue weighted by molar-refractivity contribution is 5.86. The third kappa shape index (κ3) is 2.54. The molecule has 2 amide bonds. The molecule has 1 aliphatic carbocycles. The molecule has 1 heterocycles. The molecule has 0 spiro atoms. The van der Waals surface area contributed by atoms with Gasteiger partial charge >= 0.3 is 0 Å². The van der Waals surface area contributed by atoms with Gasteiger partial charge in [0.1, 0.15) is 6.61 Å². The third-order valence-electron chi connectivity index (χ3n) is 3.81. The molecule has 1 aliphatic heterocycles. The van der Waals surface area contributed by atoms with Crippen molar-refractivity contribution in [3.8, 4) is 0 Å². The maximum atomic E-state index is 12.3. The van der Waals surface area contributed by atoms with Crippen LogP contribution in [0.15, 0.2) is 30.3 Å². The number of ether oxygens (including phenoxy) is 1. The molecule has 2 atom stereocenters. The van der Waals surface area contributed by atoms with Gasteiger partial charge in [0.15, 0.2) is 6.10 Å². The molecule has 1 saturated heterocycles. The van der Waals surface area contributed by atoms with Gasteiger partial charge < -0.3 is 15.0 Å². The molecule has 1 N–H and O–H groups in total. The summed E-state index contributed by atoms with van der Waals surface area (Å²) in [4.78, 5) is 25.8. The second-order valence-electron chi connectivity index (χ2n) is 5.37. The van der Waals surface area contributed by atoms with E-state index in [2.05, 4.69) is 5.32 Å². The van der Waals surface area contributed by atoms with Crippen molar-refractivity contribution in [2.75, 3.05) is 13.7 Å². The molecule has 3 rings (SSSR count). The molecule has 2 fully saturated rings. The molecule has 106 valence electrons. The van der Waals surface area contributed by atoms with Crippen LogP contribution in [0.3, 0.4) is 0 Å². The first kappa shape index (κ1) is 13.1. The largest absolute Gasteiger partial charge is 0.356 e. The number of morpholine rings is 1.